The number of nitrogens with one attached hydrogen (secondary N) is 1. The summed E-state index contributed by atoms with van der Waals surface area (Å²) in [6.45, 7) is 2.55. The highest BCUT2D eigenvalue weighted by Gasteiger charge is 2.43. The Morgan fingerprint density at radius 2 is 2.00 bits per heavy atom. The van der Waals surface area contributed by atoms with Crippen LogP contribution < -0.4 is 5.32 Å². The van der Waals surface area contributed by atoms with Gasteiger partial charge in [0.15, 0.2) is 0 Å². The standard InChI is InChI=1S/C15H21F2NO/c1-3-19-15(8-4-5-9-15)14(18-2)12-7-6-11(16)10-13(12)17/h6-7,10,14,18H,3-5,8-9H2,1-2H3. The van der Waals surface area contributed by atoms with E-state index in [1.807, 2.05) is 6.92 Å². The quantitative estimate of drug-likeness (QED) is 0.882. The minimum absolute atomic E-state index is 0.240. The number of rotatable bonds is 5. The van der Waals surface area contributed by atoms with E-state index in [0.29, 0.717) is 12.2 Å². The molecule has 1 unspecified atom stereocenters. The summed E-state index contributed by atoms with van der Waals surface area (Å²) >= 11 is 0. The van der Waals surface area contributed by atoms with Crippen LogP contribution in [0.1, 0.15) is 44.2 Å². The van der Waals surface area contributed by atoms with Crippen molar-refractivity contribution in [1.82, 2.24) is 5.32 Å². The summed E-state index contributed by atoms with van der Waals surface area (Å²) < 4.78 is 33.0. The van der Waals surface area contributed by atoms with Crippen molar-refractivity contribution in [2.24, 2.45) is 0 Å². The van der Waals surface area contributed by atoms with Gasteiger partial charge in [0.2, 0.25) is 0 Å². The maximum atomic E-state index is 14.0. The Balaban J connectivity index is 2.36. The molecule has 1 aromatic carbocycles. The van der Waals surface area contributed by atoms with Crippen LogP contribution in [-0.2, 0) is 4.74 Å². The number of halogens is 2. The van der Waals surface area contributed by atoms with Crippen LogP contribution >= 0.6 is 0 Å². The fourth-order valence-electron chi connectivity index (χ4n) is 3.21. The SMILES string of the molecule is CCOC1(C(NC)c2ccc(F)cc2F)CCCC1. The second-order valence-electron chi connectivity index (χ2n) is 5.09. The molecule has 0 heterocycles. The zero-order chi connectivity index (χ0) is 13.9. The van der Waals surface area contributed by atoms with Gasteiger partial charge in [-0.25, -0.2) is 8.78 Å². The minimum Gasteiger partial charge on any atom is -0.373 e. The lowest BCUT2D eigenvalue weighted by molar-refractivity contribution is -0.0617. The van der Waals surface area contributed by atoms with Gasteiger partial charge in [-0.3, -0.25) is 0 Å². The summed E-state index contributed by atoms with van der Waals surface area (Å²) in [5.74, 6) is -1.06. The van der Waals surface area contributed by atoms with Gasteiger partial charge in [0.1, 0.15) is 11.6 Å². The van der Waals surface area contributed by atoms with Gasteiger partial charge in [-0.15, -0.1) is 0 Å². The Hall–Kier alpha value is -1.00. The second kappa shape index (κ2) is 5.97. The predicted octanol–water partition coefficient (Wildman–Crippen LogP) is 3.57. The second-order valence-corrected chi connectivity index (χ2v) is 5.09. The average molecular weight is 269 g/mol. The van der Waals surface area contributed by atoms with E-state index in [9.17, 15) is 8.78 Å². The van der Waals surface area contributed by atoms with E-state index in [1.54, 1.807) is 7.05 Å². The van der Waals surface area contributed by atoms with Crippen molar-refractivity contribution >= 4 is 0 Å². The van der Waals surface area contributed by atoms with Gasteiger partial charge in [-0.1, -0.05) is 18.9 Å². The average Bonchev–Trinajstić information content (AvgIpc) is 2.83. The Labute approximate surface area is 113 Å². The highest BCUT2D eigenvalue weighted by molar-refractivity contribution is 5.25. The molecule has 1 aliphatic carbocycles. The fraction of sp³-hybridized carbons (Fsp3) is 0.600. The topological polar surface area (TPSA) is 21.3 Å². The van der Waals surface area contributed by atoms with Gasteiger partial charge in [0.25, 0.3) is 0 Å². The fourth-order valence-corrected chi connectivity index (χ4v) is 3.21. The zero-order valence-corrected chi connectivity index (χ0v) is 11.5. The van der Waals surface area contributed by atoms with Crippen molar-refractivity contribution in [2.75, 3.05) is 13.7 Å². The molecule has 1 aromatic rings. The van der Waals surface area contributed by atoms with E-state index in [-0.39, 0.29) is 11.6 Å². The van der Waals surface area contributed by atoms with E-state index >= 15 is 0 Å². The summed E-state index contributed by atoms with van der Waals surface area (Å²) in [6.07, 6.45) is 3.98. The number of hydrogen-bond acceptors (Lipinski definition) is 2. The van der Waals surface area contributed by atoms with Gasteiger partial charge in [0, 0.05) is 18.2 Å². The molecule has 19 heavy (non-hydrogen) atoms. The van der Waals surface area contributed by atoms with Crippen molar-refractivity contribution in [1.29, 1.82) is 0 Å². The lowest BCUT2D eigenvalue weighted by atomic mass is 9.86. The van der Waals surface area contributed by atoms with Crippen molar-refractivity contribution in [2.45, 2.75) is 44.2 Å². The molecule has 2 nitrogen and oxygen atoms in total. The molecule has 1 atom stereocenters. The summed E-state index contributed by atoms with van der Waals surface area (Å²) in [5.41, 5.74) is 0.113. The molecule has 1 N–H and O–H groups in total. The van der Waals surface area contributed by atoms with Crippen LogP contribution in [0.5, 0.6) is 0 Å². The van der Waals surface area contributed by atoms with Crippen molar-refractivity contribution < 1.29 is 13.5 Å². The van der Waals surface area contributed by atoms with Gasteiger partial charge in [0.05, 0.1) is 11.6 Å². The molecule has 0 aromatic heterocycles. The predicted molar refractivity (Wildman–Crippen MR) is 71.0 cm³/mol. The van der Waals surface area contributed by atoms with Gasteiger partial charge >= 0.3 is 0 Å². The smallest absolute Gasteiger partial charge is 0.131 e. The molecule has 1 fully saturated rings. The molecule has 0 bridgehead atoms. The van der Waals surface area contributed by atoms with Crippen LogP contribution in [0.2, 0.25) is 0 Å². The largest absolute Gasteiger partial charge is 0.373 e. The number of hydrogen-bond donors (Lipinski definition) is 1. The molecule has 1 aliphatic rings. The number of likely N-dealkylation sites (N-methyl/N-ethyl adjacent to an activating group) is 1. The maximum Gasteiger partial charge on any atom is 0.131 e. The van der Waals surface area contributed by atoms with Crippen LogP contribution in [0.3, 0.4) is 0 Å². The molecular weight excluding hydrogens is 248 g/mol. The Morgan fingerprint density at radius 3 is 2.53 bits per heavy atom. The Morgan fingerprint density at radius 1 is 1.32 bits per heavy atom. The molecule has 0 amide bonds. The highest BCUT2D eigenvalue weighted by Crippen LogP contribution is 2.43. The third kappa shape index (κ3) is 2.79. The molecule has 0 aliphatic heterocycles. The van der Waals surface area contributed by atoms with Crippen molar-refractivity contribution in [3.05, 3.63) is 35.4 Å². The van der Waals surface area contributed by atoms with Crippen LogP contribution in [0.15, 0.2) is 18.2 Å². The van der Waals surface area contributed by atoms with Crippen LogP contribution in [0, 0.1) is 11.6 Å². The number of ether oxygens (including phenoxy) is 1. The molecule has 2 rings (SSSR count). The minimum atomic E-state index is -0.548. The van der Waals surface area contributed by atoms with Crippen LogP contribution in [0.4, 0.5) is 8.78 Å². The Kier molecular flexibility index (Phi) is 4.53. The van der Waals surface area contributed by atoms with E-state index in [1.165, 1.54) is 12.1 Å². The van der Waals surface area contributed by atoms with Crippen LogP contribution in [-0.4, -0.2) is 19.3 Å². The van der Waals surface area contributed by atoms with E-state index in [4.69, 9.17) is 4.74 Å². The molecule has 4 heteroatoms. The third-order valence-electron chi connectivity index (χ3n) is 3.97. The van der Waals surface area contributed by atoms with E-state index < -0.39 is 11.6 Å². The summed E-state index contributed by atoms with van der Waals surface area (Å²) in [6, 6.07) is 3.52. The normalized spacial score (nSPS) is 19.6. The van der Waals surface area contributed by atoms with E-state index in [0.717, 1.165) is 31.7 Å². The first kappa shape index (κ1) is 14.4. The lowest BCUT2D eigenvalue weighted by Gasteiger charge is -2.37. The molecule has 0 radical (unpaired) electrons. The van der Waals surface area contributed by atoms with Crippen LogP contribution in [0.25, 0.3) is 0 Å². The van der Waals surface area contributed by atoms with Crippen molar-refractivity contribution in [3.8, 4) is 0 Å². The number of benzene rings is 1. The molecular formula is C15H21F2NO. The van der Waals surface area contributed by atoms with Crippen molar-refractivity contribution in [3.63, 3.8) is 0 Å². The molecule has 0 spiro atoms. The molecule has 106 valence electrons. The lowest BCUT2D eigenvalue weighted by Crippen LogP contribution is -2.43. The molecule has 0 saturated heterocycles. The van der Waals surface area contributed by atoms with E-state index in [2.05, 4.69) is 5.32 Å². The first-order chi connectivity index (χ1) is 9.13. The maximum absolute atomic E-state index is 14.0. The summed E-state index contributed by atoms with van der Waals surface area (Å²) in [7, 11) is 1.80. The first-order valence-electron chi connectivity index (χ1n) is 6.89. The Bertz CT molecular complexity index is 430. The monoisotopic (exact) mass is 269 g/mol. The van der Waals surface area contributed by atoms with Gasteiger partial charge in [-0.05, 0) is 32.9 Å². The highest BCUT2D eigenvalue weighted by atomic mass is 19.1. The first-order valence-corrected chi connectivity index (χ1v) is 6.89. The van der Waals surface area contributed by atoms with Gasteiger partial charge in [-0.2, -0.15) is 0 Å². The summed E-state index contributed by atoms with van der Waals surface area (Å²) in [4.78, 5) is 0. The van der Waals surface area contributed by atoms with Gasteiger partial charge < -0.3 is 10.1 Å². The summed E-state index contributed by atoms with van der Waals surface area (Å²) in [5, 5.41) is 3.16. The third-order valence-corrected chi connectivity index (χ3v) is 3.97. The molecule has 1 saturated carbocycles. The zero-order valence-electron chi connectivity index (χ0n) is 11.5.